The van der Waals surface area contributed by atoms with Crippen LogP contribution in [0.3, 0.4) is 0 Å². The highest BCUT2D eigenvalue weighted by atomic mass is 32.2. The number of nitrogens with zero attached hydrogens (tertiary/aromatic N) is 2. The van der Waals surface area contributed by atoms with Gasteiger partial charge in [0.2, 0.25) is 0 Å². The Morgan fingerprint density at radius 1 is 1.16 bits per heavy atom. The molecule has 0 unspecified atom stereocenters. The van der Waals surface area contributed by atoms with Crippen molar-refractivity contribution in [2.45, 2.75) is 37.8 Å². The van der Waals surface area contributed by atoms with Gasteiger partial charge in [0.15, 0.2) is 5.17 Å². The first-order valence-corrected chi connectivity index (χ1v) is 7.71. The zero-order valence-corrected chi connectivity index (χ0v) is 11.4. The van der Waals surface area contributed by atoms with Crippen LogP contribution >= 0.6 is 11.8 Å². The molecule has 0 radical (unpaired) electrons. The van der Waals surface area contributed by atoms with Crippen molar-refractivity contribution in [2.24, 2.45) is 4.99 Å². The van der Waals surface area contributed by atoms with Gasteiger partial charge in [0, 0.05) is 5.41 Å². The van der Waals surface area contributed by atoms with Crippen LogP contribution in [0, 0.1) is 5.82 Å². The molecule has 98 valence electrons. The Labute approximate surface area is 116 Å². The molecule has 0 N–H and O–H groups in total. The molecule has 2 heterocycles. The van der Waals surface area contributed by atoms with Crippen molar-refractivity contribution in [1.29, 1.82) is 0 Å². The molecule has 1 aromatic carbocycles. The SMILES string of the molecule is Fc1ccc(C2=CSC3=N[C@H]4CCCC[C@H]4N23)cc1. The smallest absolute Gasteiger partial charge is 0.168 e. The van der Waals surface area contributed by atoms with E-state index in [4.69, 9.17) is 4.99 Å². The van der Waals surface area contributed by atoms with Gasteiger partial charge in [-0.3, -0.25) is 4.99 Å². The van der Waals surface area contributed by atoms with E-state index in [1.54, 1.807) is 11.8 Å². The van der Waals surface area contributed by atoms with Gasteiger partial charge in [-0.1, -0.05) is 24.6 Å². The number of fused-ring (bicyclic) bond motifs is 3. The topological polar surface area (TPSA) is 15.6 Å². The summed E-state index contributed by atoms with van der Waals surface area (Å²) in [5.74, 6) is -0.180. The van der Waals surface area contributed by atoms with Crippen LogP contribution in [0.25, 0.3) is 5.70 Å². The van der Waals surface area contributed by atoms with Gasteiger partial charge in [0.1, 0.15) is 5.82 Å². The second-order valence-corrected chi connectivity index (χ2v) is 6.17. The van der Waals surface area contributed by atoms with Crippen LogP contribution in [-0.4, -0.2) is 22.2 Å². The number of hydrogen-bond acceptors (Lipinski definition) is 3. The Bertz CT molecular complexity index is 564. The summed E-state index contributed by atoms with van der Waals surface area (Å²) in [6.07, 6.45) is 5.02. The lowest BCUT2D eigenvalue weighted by atomic mass is 9.90. The van der Waals surface area contributed by atoms with E-state index in [0.717, 1.165) is 10.7 Å². The van der Waals surface area contributed by atoms with E-state index in [9.17, 15) is 4.39 Å². The van der Waals surface area contributed by atoms with Crippen LogP contribution < -0.4 is 0 Å². The molecule has 1 saturated carbocycles. The molecule has 1 fully saturated rings. The van der Waals surface area contributed by atoms with Crippen molar-refractivity contribution >= 4 is 22.6 Å². The van der Waals surface area contributed by atoms with Crippen molar-refractivity contribution in [1.82, 2.24) is 4.90 Å². The van der Waals surface area contributed by atoms with Gasteiger partial charge in [-0.05, 0) is 42.7 Å². The first-order valence-electron chi connectivity index (χ1n) is 6.83. The highest BCUT2D eigenvalue weighted by Gasteiger charge is 2.41. The van der Waals surface area contributed by atoms with Crippen LogP contribution in [0.1, 0.15) is 31.2 Å². The fraction of sp³-hybridized carbons (Fsp3) is 0.400. The molecule has 0 amide bonds. The quantitative estimate of drug-likeness (QED) is 0.773. The number of aliphatic imine (C=N–C) groups is 1. The Balaban J connectivity index is 1.68. The largest absolute Gasteiger partial charge is 0.315 e. The predicted molar refractivity (Wildman–Crippen MR) is 77.3 cm³/mol. The molecule has 19 heavy (non-hydrogen) atoms. The Hall–Kier alpha value is -1.29. The third-order valence-electron chi connectivity index (χ3n) is 4.18. The average molecular weight is 274 g/mol. The summed E-state index contributed by atoms with van der Waals surface area (Å²) in [6.45, 7) is 0. The van der Waals surface area contributed by atoms with Gasteiger partial charge in [-0.15, -0.1) is 0 Å². The Morgan fingerprint density at radius 3 is 2.79 bits per heavy atom. The van der Waals surface area contributed by atoms with Gasteiger partial charge in [-0.25, -0.2) is 4.39 Å². The van der Waals surface area contributed by atoms with Crippen molar-refractivity contribution in [3.8, 4) is 0 Å². The molecule has 4 rings (SSSR count). The normalized spacial score (nSPS) is 28.8. The predicted octanol–water partition coefficient (Wildman–Crippen LogP) is 3.85. The summed E-state index contributed by atoms with van der Waals surface area (Å²) >= 11 is 1.71. The molecule has 2 aliphatic heterocycles. The first kappa shape index (κ1) is 11.5. The molecule has 4 heteroatoms. The third kappa shape index (κ3) is 1.81. The summed E-state index contributed by atoms with van der Waals surface area (Å²) in [6, 6.07) is 7.78. The third-order valence-corrected chi connectivity index (χ3v) is 5.04. The highest BCUT2D eigenvalue weighted by Crippen LogP contribution is 2.43. The minimum Gasteiger partial charge on any atom is -0.315 e. The summed E-state index contributed by atoms with van der Waals surface area (Å²) in [7, 11) is 0. The molecule has 3 aliphatic rings. The molecule has 2 nitrogen and oxygen atoms in total. The molecular weight excluding hydrogens is 259 g/mol. The summed E-state index contributed by atoms with van der Waals surface area (Å²) in [5.41, 5.74) is 2.28. The van der Waals surface area contributed by atoms with Crippen molar-refractivity contribution in [3.63, 3.8) is 0 Å². The molecule has 0 saturated heterocycles. The molecule has 1 aromatic rings. The Morgan fingerprint density at radius 2 is 1.95 bits per heavy atom. The fourth-order valence-electron chi connectivity index (χ4n) is 3.25. The fourth-order valence-corrected chi connectivity index (χ4v) is 4.26. The van der Waals surface area contributed by atoms with Crippen molar-refractivity contribution < 1.29 is 4.39 Å². The van der Waals surface area contributed by atoms with Crippen LogP contribution in [0.2, 0.25) is 0 Å². The first-order chi connectivity index (χ1) is 9.33. The molecule has 0 aromatic heterocycles. The second kappa shape index (κ2) is 4.37. The molecule has 0 spiro atoms. The number of hydrogen-bond donors (Lipinski definition) is 0. The van der Waals surface area contributed by atoms with Crippen molar-refractivity contribution in [3.05, 3.63) is 41.1 Å². The van der Waals surface area contributed by atoms with Crippen LogP contribution in [0.5, 0.6) is 0 Å². The summed E-state index contributed by atoms with van der Waals surface area (Å²) in [5, 5.41) is 3.29. The number of benzene rings is 1. The van der Waals surface area contributed by atoms with E-state index < -0.39 is 0 Å². The number of halogens is 1. The minimum absolute atomic E-state index is 0.180. The number of rotatable bonds is 1. The molecule has 2 atom stereocenters. The van der Waals surface area contributed by atoms with Gasteiger partial charge >= 0.3 is 0 Å². The maximum atomic E-state index is 13.0. The van der Waals surface area contributed by atoms with Gasteiger partial charge in [0.05, 0.1) is 17.8 Å². The van der Waals surface area contributed by atoms with E-state index in [0.29, 0.717) is 12.1 Å². The summed E-state index contributed by atoms with van der Waals surface area (Å²) in [4.78, 5) is 7.22. The zero-order valence-electron chi connectivity index (χ0n) is 10.6. The average Bonchev–Trinajstić information content (AvgIpc) is 2.98. The van der Waals surface area contributed by atoms with Crippen LogP contribution in [-0.2, 0) is 0 Å². The monoisotopic (exact) mass is 274 g/mol. The van der Waals surface area contributed by atoms with Gasteiger partial charge < -0.3 is 4.90 Å². The summed E-state index contributed by atoms with van der Waals surface area (Å²) < 4.78 is 13.0. The lowest BCUT2D eigenvalue weighted by Gasteiger charge is -2.32. The zero-order chi connectivity index (χ0) is 12.8. The van der Waals surface area contributed by atoms with E-state index in [2.05, 4.69) is 10.3 Å². The van der Waals surface area contributed by atoms with E-state index in [1.807, 2.05) is 12.1 Å². The number of thioether (sulfide) groups is 1. The standard InChI is InChI=1S/C15H15FN2S/c16-11-7-5-10(6-8-11)14-9-19-15-17-12-3-1-2-4-13(12)18(14)15/h5-9,12-13H,1-4H2/t12-,13+/m0/s1. The van der Waals surface area contributed by atoms with Gasteiger partial charge in [0.25, 0.3) is 0 Å². The lowest BCUT2D eigenvalue weighted by Crippen LogP contribution is -2.38. The van der Waals surface area contributed by atoms with Crippen LogP contribution in [0.15, 0.2) is 34.7 Å². The van der Waals surface area contributed by atoms with E-state index in [1.165, 1.54) is 43.5 Å². The van der Waals surface area contributed by atoms with Gasteiger partial charge in [-0.2, -0.15) is 0 Å². The van der Waals surface area contributed by atoms with Crippen molar-refractivity contribution in [2.75, 3.05) is 0 Å². The Kier molecular flexibility index (Phi) is 2.65. The van der Waals surface area contributed by atoms with E-state index in [-0.39, 0.29) is 5.82 Å². The molecular formula is C15H15FN2S. The lowest BCUT2D eigenvalue weighted by molar-refractivity contribution is 0.305. The maximum absolute atomic E-state index is 13.0. The molecule has 0 bridgehead atoms. The molecule has 1 aliphatic carbocycles. The highest BCUT2D eigenvalue weighted by molar-refractivity contribution is 8.16. The second-order valence-electron chi connectivity index (χ2n) is 5.33. The minimum atomic E-state index is -0.180. The van der Waals surface area contributed by atoms with E-state index >= 15 is 0 Å². The van der Waals surface area contributed by atoms with Crippen LogP contribution in [0.4, 0.5) is 4.39 Å². The maximum Gasteiger partial charge on any atom is 0.168 e. The number of amidine groups is 1.